The second-order valence-corrected chi connectivity index (χ2v) is 7.24. The van der Waals surface area contributed by atoms with Crippen molar-refractivity contribution in [2.24, 2.45) is 0 Å². The van der Waals surface area contributed by atoms with Gasteiger partial charge in [0, 0.05) is 39.3 Å². The summed E-state index contributed by atoms with van der Waals surface area (Å²) in [6, 6.07) is 15.3. The molecule has 5 nitrogen and oxygen atoms in total. The van der Waals surface area contributed by atoms with Crippen molar-refractivity contribution in [2.45, 2.75) is 26.7 Å². The van der Waals surface area contributed by atoms with Crippen LogP contribution in [-0.2, 0) is 19.8 Å². The third-order valence-electron chi connectivity index (χ3n) is 5.21. The second-order valence-electron chi connectivity index (χ2n) is 6.87. The van der Waals surface area contributed by atoms with E-state index < -0.39 is 0 Å². The van der Waals surface area contributed by atoms with Crippen LogP contribution in [0.5, 0.6) is 0 Å². The molecular weight excluding hydrogens is 342 g/mol. The lowest BCUT2D eigenvalue weighted by atomic mass is 10.0. The highest BCUT2D eigenvalue weighted by Crippen LogP contribution is 2.20. The number of hydrogen-bond acceptors (Lipinski definition) is 4. The highest BCUT2D eigenvalue weighted by atomic mass is 32.1. The van der Waals surface area contributed by atoms with Gasteiger partial charge in [0.1, 0.15) is 6.33 Å². The molecule has 0 unspecified atom stereocenters. The molecule has 1 aliphatic rings. The standard InChI is InChI=1S/C20H25N5S/c1-2-24-15-21-25(20(24)26)16-23-12-10-22(11-13-23)14-18-8-5-7-17-6-3-4-9-19(17)18/h3-9,15H,2,10-14,16H2,1H3. The Morgan fingerprint density at radius 3 is 2.46 bits per heavy atom. The highest BCUT2D eigenvalue weighted by Gasteiger charge is 2.18. The number of hydrogen-bond donors (Lipinski definition) is 0. The number of fused-ring (bicyclic) bond motifs is 1. The van der Waals surface area contributed by atoms with Crippen LogP contribution in [0.25, 0.3) is 10.8 Å². The molecule has 0 aliphatic carbocycles. The Balaban J connectivity index is 1.37. The molecule has 0 atom stereocenters. The van der Waals surface area contributed by atoms with Crippen LogP contribution in [-0.4, -0.2) is 50.3 Å². The summed E-state index contributed by atoms with van der Waals surface area (Å²) in [5.41, 5.74) is 1.42. The molecule has 1 aliphatic heterocycles. The van der Waals surface area contributed by atoms with Gasteiger partial charge in [-0.3, -0.25) is 9.80 Å². The molecule has 136 valence electrons. The fourth-order valence-corrected chi connectivity index (χ4v) is 3.92. The zero-order valence-electron chi connectivity index (χ0n) is 15.2. The average Bonchev–Trinajstić information content (AvgIpc) is 3.03. The number of aryl methyl sites for hydroxylation is 1. The zero-order chi connectivity index (χ0) is 17.9. The molecule has 4 rings (SSSR count). The normalized spacial score (nSPS) is 16.3. The average molecular weight is 368 g/mol. The zero-order valence-corrected chi connectivity index (χ0v) is 16.0. The fourth-order valence-electron chi connectivity index (χ4n) is 3.64. The topological polar surface area (TPSA) is 29.2 Å². The van der Waals surface area contributed by atoms with E-state index in [9.17, 15) is 0 Å². The third-order valence-corrected chi connectivity index (χ3v) is 5.66. The van der Waals surface area contributed by atoms with Crippen LogP contribution in [0.4, 0.5) is 0 Å². The van der Waals surface area contributed by atoms with Crippen LogP contribution < -0.4 is 0 Å². The number of benzene rings is 2. The van der Waals surface area contributed by atoms with Gasteiger partial charge < -0.3 is 4.57 Å². The quantitative estimate of drug-likeness (QED) is 0.647. The third kappa shape index (κ3) is 3.58. The molecule has 6 heteroatoms. The molecule has 0 radical (unpaired) electrons. The molecule has 2 aromatic carbocycles. The van der Waals surface area contributed by atoms with E-state index in [1.165, 1.54) is 16.3 Å². The fraction of sp³-hybridized carbons (Fsp3) is 0.400. The van der Waals surface area contributed by atoms with Crippen molar-refractivity contribution in [3.63, 3.8) is 0 Å². The van der Waals surface area contributed by atoms with E-state index in [-0.39, 0.29) is 0 Å². The van der Waals surface area contributed by atoms with Crippen molar-refractivity contribution in [3.05, 3.63) is 59.1 Å². The minimum atomic E-state index is 0.786. The van der Waals surface area contributed by atoms with E-state index in [0.717, 1.165) is 50.7 Å². The number of nitrogens with zero attached hydrogens (tertiary/aromatic N) is 5. The molecule has 3 aromatic rings. The largest absolute Gasteiger partial charge is 0.307 e. The lowest BCUT2D eigenvalue weighted by Crippen LogP contribution is -2.46. The van der Waals surface area contributed by atoms with Gasteiger partial charge in [-0.1, -0.05) is 42.5 Å². The summed E-state index contributed by atoms with van der Waals surface area (Å²) in [6.45, 7) is 9.01. The van der Waals surface area contributed by atoms with Gasteiger partial charge in [0.05, 0.1) is 6.67 Å². The highest BCUT2D eigenvalue weighted by molar-refractivity contribution is 7.71. The molecule has 0 saturated carbocycles. The molecule has 1 saturated heterocycles. The lowest BCUT2D eigenvalue weighted by molar-refractivity contribution is 0.0982. The van der Waals surface area contributed by atoms with E-state index in [1.54, 1.807) is 0 Å². The molecule has 0 spiro atoms. The first kappa shape index (κ1) is 17.4. The monoisotopic (exact) mass is 367 g/mol. The molecule has 0 bridgehead atoms. The van der Waals surface area contributed by atoms with Crippen LogP contribution in [0, 0.1) is 4.77 Å². The molecule has 2 heterocycles. The van der Waals surface area contributed by atoms with Crippen LogP contribution in [0.1, 0.15) is 12.5 Å². The maximum atomic E-state index is 5.47. The van der Waals surface area contributed by atoms with Crippen LogP contribution in [0.15, 0.2) is 48.8 Å². The van der Waals surface area contributed by atoms with E-state index in [4.69, 9.17) is 12.2 Å². The van der Waals surface area contributed by atoms with E-state index in [2.05, 4.69) is 64.3 Å². The molecular formula is C20H25N5S. The first-order valence-corrected chi connectivity index (χ1v) is 9.69. The lowest BCUT2D eigenvalue weighted by Gasteiger charge is -2.34. The van der Waals surface area contributed by atoms with Crippen molar-refractivity contribution in [1.82, 2.24) is 24.1 Å². The van der Waals surface area contributed by atoms with E-state index in [1.807, 2.05) is 15.6 Å². The van der Waals surface area contributed by atoms with E-state index in [0.29, 0.717) is 0 Å². The number of aromatic nitrogens is 3. The summed E-state index contributed by atoms with van der Waals surface area (Å²) >= 11 is 5.47. The van der Waals surface area contributed by atoms with Crippen molar-refractivity contribution < 1.29 is 0 Å². The van der Waals surface area contributed by atoms with Gasteiger partial charge in [0.2, 0.25) is 0 Å². The molecule has 1 aromatic heterocycles. The Hall–Kier alpha value is -2.02. The first-order valence-electron chi connectivity index (χ1n) is 9.28. The SMILES string of the molecule is CCn1cnn(CN2CCN(Cc3cccc4ccccc34)CC2)c1=S. The number of piperazine rings is 1. The predicted molar refractivity (Wildman–Crippen MR) is 108 cm³/mol. The Kier molecular flexibility index (Phi) is 5.15. The Morgan fingerprint density at radius 2 is 1.69 bits per heavy atom. The van der Waals surface area contributed by atoms with Gasteiger partial charge in [-0.05, 0) is 35.5 Å². The summed E-state index contributed by atoms with van der Waals surface area (Å²) in [5, 5.41) is 7.11. The van der Waals surface area contributed by atoms with Crippen molar-refractivity contribution in [3.8, 4) is 0 Å². The van der Waals surface area contributed by atoms with Crippen LogP contribution in [0.2, 0.25) is 0 Å². The summed E-state index contributed by atoms with van der Waals surface area (Å²) in [4.78, 5) is 4.98. The number of rotatable bonds is 5. The minimum Gasteiger partial charge on any atom is -0.307 e. The van der Waals surface area contributed by atoms with Crippen molar-refractivity contribution in [1.29, 1.82) is 0 Å². The van der Waals surface area contributed by atoms with Gasteiger partial charge in [-0.15, -0.1) is 0 Å². The summed E-state index contributed by atoms with van der Waals surface area (Å²) in [5.74, 6) is 0. The smallest absolute Gasteiger partial charge is 0.198 e. The van der Waals surface area contributed by atoms with Crippen molar-refractivity contribution >= 4 is 23.0 Å². The summed E-state index contributed by atoms with van der Waals surface area (Å²) in [7, 11) is 0. The molecule has 0 amide bonds. The maximum absolute atomic E-state index is 5.47. The maximum Gasteiger partial charge on any atom is 0.198 e. The van der Waals surface area contributed by atoms with E-state index >= 15 is 0 Å². The molecule has 1 fully saturated rings. The van der Waals surface area contributed by atoms with Gasteiger partial charge in [-0.25, -0.2) is 4.68 Å². The summed E-state index contributed by atoms with van der Waals surface area (Å²) < 4.78 is 4.75. The molecule has 0 N–H and O–H groups in total. The van der Waals surface area contributed by atoms with Crippen LogP contribution >= 0.6 is 12.2 Å². The van der Waals surface area contributed by atoms with Gasteiger partial charge in [0.15, 0.2) is 4.77 Å². The van der Waals surface area contributed by atoms with Gasteiger partial charge >= 0.3 is 0 Å². The Morgan fingerprint density at radius 1 is 0.962 bits per heavy atom. The molecule has 26 heavy (non-hydrogen) atoms. The van der Waals surface area contributed by atoms with Crippen molar-refractivity contribution in [2.75, 3.05) is 26.2 Å². The minimum absolute atomic E-state index is 0.786. The second kappa shape index (κ2) is 7.70. The van der Waals surface area contributed by atoms with Crippen LogP contribution in [0.3, 0.4) is 0 Å². The predicted octanol–water partition coefficient (Wildman–Crippen LogP) is 3.36. The summed E-state index contributed by atoms with van der Waals surface area (Å²) in [6.07, 6.45) is 1.83. The first-order chi connectivity index (χ1) is 12.7. The Bertz CT molecular complexity index is 931. The van der Waals surface area contributed by atoms with Gasteiger partial charge in [-0.2, -0.15) is 5.10 Å². The Labute approximate surface area is 159 Å². The van der Waals surface area contributed by atoms with Gasteiger partial charge in [0.25, 0.3) is 0 Å².